The van der Waals surface area contributed by atoms with Crippen LogP contribution in [0.15, 0.2) is 53.9 Å². The Kier molecular flexibility index (Phi) is 8.85. The predicted molar refractivity (Wildman–Crippen MR) is 124 cm³/mol. The fourth-order valence-corrected chi connectivity index (χ4v) is 3.04. The number of aromatic nitrogens is 4. The van der Waals surface area contributed by atoms with Crippen molar-refractivity contribution in [2.45, 2.75) is 40.3 Å². The minimum atomic E-state index is 0.504. The standard InChI is InChI=1S/C23H31N7O2/c1-4-21-29-28-17-30(21)14-13-26-23(24-5-2)27-16-18-11-12-25-22(15-18)32-20-9-7-19(8-10-20)31-6-3/h7-12,15,17H,4-6,13-14,16H2,1-3H3,(H2,24,26,27). The van der Waals surface area contributed by atoms with Crippen LogP contribution in [0.1, 0.15) is 32.2 Å². The Morgan fingerprint density at radius 2 is 1.88 bits per heavy atom. The number of hydrogen-bond donors (Lipinski definition) is 2. The Bertz CT molecular complexity index is 986. The second kappa shape index (κ2) is 12.3. The third-order valence-corrected chi connectivity index (χ3v) is 4.58. The summed E-state index contributed by atoms with van der Waals surface area (Å²) in [5.74, 6) is 3.78. The molecule has 2 heterocycles. The van der Waals surface area contributed by atoms with Crippen molar-refractivity contribution in [2.24, 2.45) is 4.99 Å². The molecule has 1 aromatic carbocycles. The predicted octanol–water partition coefficient (Wildman–Crippen LogP) is 3.18. The van der Waals surface area contributed by atoms with Crippen molar-refractivity contribution in [1.82, 2.24) is 30.4 Å². The molecule has 0 saturated carbocycles. The second-order valence-corrected chi connectivity index (χ2v) is 6.92. The van der Waals surface area contributed by atoms with E-state index in [0.717, 1.165) is 49.2 Å². The van der Waals surface area contributed by atoms with Gasteiger partial charge in [0.2, 0.25) is 5.88 Å². The number of nitrogens with zero attached hydrogens (tertiary/aromatic N) is 5. The summed E-state index contributed by atoms with van der Waals surface area (Å²) in [7, 11) is 0. The maximum Gasteiger partial charge on any atom is 0.219 e. The van der Waals surface area contributed by atoms with Crippen molar-refractivity contribution in [3.8, 4) is 17.4 Å². The van der Waals surface area contributed by atoms with Gasteiger partial charge in [-0.05, 0) is 49.7 Å². The minimum Gasteiger partial charge on any atom is -0.494 e. The van der Waals surface area contributed by atoms with Crippen LogP contribution < -0.4 is 20.1 Å². The maximum atomic E-state index is 5.87. The molecule has 0 radical (unpaired) electrons. The highest BCUT2D eigenvalue weighted by Gasteiger charge is 2.04. The summed E-state index contributed by atoms with van der Waals surface area (Å²) in [6.07, 6.45) is 4.35. The van der Waals surface area contributed by atoms with E-state index in [0.29, 0.717) is 24.8 Å². The lowest BCUT2D eigenvalue weighted by Crippen LogP contribution is -2.38. The highest BCUT2D eigenvalue weighted by Crippen LogP contribution is 2.23. The molecule has 0 atom stereocenters. The molecule has 0 unspecified atom stereocenters. The summed E-state index contributed by atoms with van der Waals surface area (Å²) >= 11 is 0. The summed E-state index contributed by atoms with van der Waals surface area (Å²) in [6.45, 7) is 9.48. The molecule has 2 N–H and O–H groups in total. The number of aliphatic imine (C=N–C) groups is 1. The molecule has 0 saturated heterocycles. The van der Waals surface area contributed by atoms with Crippen molar-refractivity contribution in [2.75, 3.05) is 19.7 Å². The van der Waals surface area contributed by atoms with Crippen LogP contribution in [0, 0.1) is 0 Å². The first-order valence-corrected chi connectivity index (χ1v) is 11.0. The van der Waals surface area contributed by atoms with Crippen LogP contribution in [0.2, 0.25) is 0 Å². The zero-order valence-corrected chi connectivity index (χ0v) is 18.9. The van der Waals surface area contributed by atoms with Gasteiger partial charge >= 0.3 is 0 Å². The van der Waals surface area contributed by atoms with Gasteiger partial charge in [0.05, 0.1) is 13.2 Å². The largest absolute Gasteiger partial charge is 0.494 e. The van der Waals surface area contributed by atoms with Gasteiger partial charge in [-0.2, -0.15) is 0 Å². The van der Waals surface area contributed by atoms with E-state index in [1.54, 1.807) is 12.5 Å². The first-order valence-electron chi connectivity index (χ1n) is 11.0. The summed E-state index contributed by atoms with van der Waals surface area (Å²) < 4.78 is 13.4. The lowest BCUT2D eigenvalue weighted by Gasteiger charge is -2.12. The lowest BCUT2D eigenvalue weighted by atomic mass is 10.2. The molecule has 3 aromatic rings. The molecule has 0 aliphatic rings. The van der Waals surface area contributed by atoms with Crippen LogP contribution in [0.25, 0.3) is 0 Å². The first kappa shape index (κ1) is 23.1. The van der Waals surface area contributed by atoms with Crippen LogP contribution >= 0.6 is 0 Å². The van der Waals surface area contributed by atoms with E-state index < -0.39 is 0 Å². The minimum absolute atomic E-state index is 0.504. The molecule has 0 spiro atoms. The van der Waals surface area contributed by atoms with E-state index >= 15 is 0 Å². The van der Waals surface area contributed by atoms with E-state index in [-0.39, 0.29) is 0 Å². The molecule has 32 heavy (non-hydrogen) atoms. The topological polar surface area (TPSA) is 98.5 Å². The molecule has 9 nitrogen and oxygen atoms in total. The van der Waals surface area contributed by atoms with Gasteiger partial charge in [0.1, 0.15) is 23.7 Å². The van der Waals surface area contributed by atoms with Crippen LogP contribution in [-0.4, -0.2) is 45.4 Å². The van der Waals surface area contributed by atoms with Gasteiger partial charge in [-0.25, -0.2) is 9.98 Å². The van der Waals surface area contributed by atoms with Crippen molar-refractivity contribution in [1.29, 1.82) is 0 Å². The molecule has 0 aliphatic heterocycles. The molecule has 0 fully saturated rings. The number of rotatable bonds is 11. The molecule has 0 aliphatic carbocycles. The molecular weight excluding hydrogens is 406 g/mol. The Balaban J connectivity index is 1.56. The Morgan fingerprint density at radius 1 is 1.06 bits per heavy atom. The molecule has 2 aromatic heterocycles. The van der Waals surface area contributed by atoms with Crippen LogP contribution in [0.5, 0.6) is 17.4 Å². The average molecular weight is 438 g/mol. The first-order chi connectivity index (χ1) is 15.7. The van der Waals surface area contributed by atoms with Crippen molar-refractivity contribution < 1.29 is 9.47 Å². The average Bonchev–Trinajstić information content (AvgIpc) is 3.27. The number of guanidine groups is 1. The van der Waals surface area contributed by atoms with Gasteiger partial charge in [0, 0.05) is 38.3 Å². The molecular formula is C23H31N7O2. The van der Waals surface area contributed by atoms with Gasteiger partial charge < -0.3 is 24.7 Å². The van der Waals surface area contributed by atoms with Crippen LogP contribution in [0.3, 0.4) is 0 Å². The van der Waals surface area contributed by atoms with Crippen LogP contribution in [-0.2, 0) is 19.5 Å². The fraction of sp³-hybridized carbons (Fsp3) is 0.391. The molecule has 9 heteroatoms. The van der Waals surface area contributed by atoms with Gasteiger partial charge in [0.15, 0.2) is 5.96 Å². The highest BCUT2D eigenvalue weighted by atomic mass is 16.5. The number of ether oxygens (including phenoxy) is 2. The zero-order valence-electron chi connectivity index (χ0n) is 18.9. The lowest BCUT2D eigenvalue weighted by molar-refractivity contribution is 0.339. The quantitative estimate of drug-likeness (QED) is 0.351. The maximum absolute atomic E-state index is 5.87. The van der Waals surface area contributed by atoms with Crippen molar-refractivity contribution >= 4 is 5.96 Å². The fourth-order valence-electron chi connectivity index (χ4n) is 3.04. The summed E-state index contributed by atoms with van der Waals surface area (Å²) in [6, 6.07) is 11.3. The molecule has 170 valence electrons. The summed E-state index contributed by atoms with van der Waals surface area (Å²) in [5.41, 5.74) is 1.00. The number of aryl methyl sites for hydroxylation is 1. The normalized spacial score (nSPS) is 11.3. The van der Waals surface area contributed by atoms with E-state index in [1.807, 2.05) is 54.8 Å². The molecule has 0 bridgehead atoms. The third kappa shape index (κ3) is 6.97. The zero-order chi connectivity index (χ0) is 22.6. The van der Waals surface area contributed by atoms with Crippen molar-refractivity contribution in [3.63, 3.8) is 0 Å². The summed E-state index contributed by atoms with van der Waals surface area (Å²) in [5, 5.41) is 14.7. The van der Waals surface area contributed by atoms with Gasteiger partial charge in [-0.3, -0.25) is 0 Å². The number of benzene rings is 1. The highest BCUT2D eigenvalue weighted by molar-refractivity contribution is 5.79. The molecule has 3 rings (SSSR count). The summed E-state index contributed by atoms with van der Waals surface area (Å²) in [4.78, 5) is 8.98. The van der Waals surface area contributed by atoms with Gasteiger partial charge in [-0.1, -0.05) is 6.92 Å². The smallest absolute Gasteiger partial charge is 0.219 e. The van der Waals surface area contributed by atoms with Crippen LogP contribution in [0.4, 0.5) is 0 Å². The SMILES string of the molecule is CCNC(=NCc1ccnc(Oc2ccc(OCC)cc2)c1)NCCn1cnnc1CC. The second-order valence-electron chi connectivity index (χ2n) is 6.92. The van der Waals surface area contributed by atoms with Gasteiger partial charge in [-0.15, -0.1) is 10.2 Å². The Morgan fingerprint density at radius 3 is 2.62 bits per heavy atom. The Hall–Kier alpha value is -3.62. The number of nitrogens with one attached hydrogen (secondary N) is 2. The van der Waals surface area contributed by atoms with E-state index in [4.69, 9.17) is 9.47 Å². The van der Waals surface area contributed by atoms with E-state index in [9.17, 15) is 0 Å². The van der Waals surface area contributed by atoms with Gasteiger partial charge in [0.25, 0.3) is 0 Å². The van der Waals surface area contributed by atoms with E-state index in [2.05, 4.69) is 37.7 Å². The number of pyridine rings is 1. The Labute approximate surface area is 188 Å². The molecule has 0 amide bonds. The number of hydrogen-bond acceptors (Lipinski definition) is 6. The van der Waals surface area contributed by atoms with Crippen molar-refractivity contribution in [3.05, 3.63) is 60.3 Å². The monoisotopic (exact) mass is 437 g/mol. The third-order valence-electron chi connectivity index (χ3n) is 4.58. The van der Waals surface area contributed by atoms with E-state index in [1.165, 1.54) is 0 Å².